The lowest BCUT2D eigenvalue weighted by molar-refractivity contribution is -0.202. The van der Waals surface area contributed by atoms with Gasteiger partial charge in [-0.15, -0.1) is 0 Å². The van der Waals surface area contributed by atoms with Crippen LogP contribution in [0, 0.1) is 11.7 Å². The molecule has 1 heterocycles. The largest absolute Gasteiger partial charge is 0.496 e. The third-order valence-corrected chi connectivity index (χ3v) is 7.24. The minimum absolute atomic E-state index is 0.0354. The molecule has 8 nitrogen and oxygen atoms in total. The smallest absolute Gasteiger partial charge is 0.410 e. The van der Waals surface area contributed by atoms with Gasteiger partial charge in [-0.2, -0.15) is 13.2 Å². The fourth-order valence-electron chi connectivity index (χ4n) is 5.33. The van der Waals surface area contributed by atoms with E-state index in [-0.39, 0.29) is 29.3 Å². The first kappa shape index (κ1) is 28.2. The highest BCUT2D eigenvalue weighted by molar-refractivity contribution is 5.97. The second-order valence-corrected chi connectivity index (χ2v) is 9.75. The van der Waals surface area contributed by atoms with Crippen LogP contribution in [0.1, 0.15) is 59.6 Å². The Balaban J connectivity index is 1.51. The van der Waals surface area contributed by atoms with Gasteiger partial charge < -0.3 is 21.5 Å². The zero-order valence-electron chi connectivity index (χ0n) is 21.4. The number of primary amides is 1. The van der Waals surface area contributed by atoms with Crippen molar-refractivity contribution < 1.29 is 31.9 Å². The first-order valence-corrected chi connectivity index (χ1v) is 12.6. The van der Waals surface area contributed by atoms with Crippen LogP contribution < -0.4 is 26.9 Å². The van der Waals surface area contributed by atoms with E-state index in [0.29, 0.717) is 36.8 Å². The van der Waals surface area contributed by atoms with E-state index in [0.717, 1.165) is 17.5 Å². The summed E-state index contributed by atoms with van der Waals surface area (Å²) in [7, 11) is 1.37. The second kappa shape index (κ2) is 11.5. The molecule has 1 fully saturated rings. The topological polar surface area (TPSA) is 123 Å². The molecule has 2 atom stereocenters. The Kier molecular flexibility index (Phi) is 8.34. The van der Waals surface area contributed by atoms with Crippen molar-refractivity contribution in [1.82, 2.24) is 15.8 Å². The van der Waals surface area contributed by atoms with Crippen LogP contribution in [0.5, 0.6) is 5.75 Å². The number of carbonyl (C=O) groups excluding carboxylic acids is 2. The molecule has 12 heteroatoms. The van der Waals surface area contributed by atoms with E-state index < -0.39 is 41.8 Å². The van der Waals surface area contributed by atoms with Gasteiger partial charge in [-0.05, 0) is 48.1 Å². The summed E-state index contributed by atoms with van der Waals surface area (Å²) in [5.41, 5.74) is 15.5. The number of methoxy groups -OCH3 is 1. The Labute approximate surface area is 223 Å². The molecule has 2 aromatic rings. The van der Waals surface area contributed by atoms with Crippen LogP contribution in [0.4, 0.5) is 17.6 Å². The van der Waals surface area contributed by atoms with Crippen molar-refractivity contribution in [2.75, 3.05) is 7.11 Å². The maximum absolute atomic E-state index is 14.2. The molecule has 2 amide bonds. The second-order valence-electron chi connectivity index (χ2n) is 9.75. The summed E-state index contributed by atoms with van der Waals surface area (Å²) < 4.78 is 61.5. The number of amides is 2. The lowest BCUT2D eigenvalue weighted by Crippen LogP contribution is -2.55. The number of halogens is 4. The fraction of sp³-hybridized carbons (Fsp3) is 0.407. The van der Waals surface area contributed by atoms with Crippen molar-refractivity contribution in [3.63, 3.8) is 0 Å². The number of nitrogens with one attached hydrogen (secondary N) is 2. The molecule has 0 aromatic heterocycles. The summed E-state index contributed by atoms with van der Waals surface area (Å²) in [5.74, 6) is -2.83. The van der Waals surface area contributed by atoms with Crippen molar-refractivity contribution in [3.8, 4) is 5.75 Å². The minimum Gasteiger partial charge on any atom is -0.496 e. The van der Waals surface area contributed by atoms with Crippen LogP contribution in [-0.4, -0.2) is 36.2 Å². The quantitative estimate of drug-likeness (QED) is 0.372. The lowest BCUT2D eigenvalue weighted by Gasteiger charge is -2.39. The molecule has 210 valence electrons. The van der Waals surface area contributed by atoms with Crippen molar-refractivity contribution in [3.05, 3.63) is 76.4 Å². The first-order chi connectivity index (χ1) is 18.5. The number of benzene rings is 2. The van der Waals surface area contributed by atoms with Crippen LogP contribution in [0.3, 0.4) is 0 Å². The van der Waals surface area contributed by atoms with Crippen molar-refractivity contribution in [2.45, 2.75) is 56.9 Å². The summed E-state index contributed by atoms with van der Waals surface area (Å²) in [4.78, 5) is 24.9. The molecule has 0 spiro atoms. The molecule has 1 saturated carbocycles. The monoisotopic (exact) mass is 549 g/mol. The predicted molar refractivity (Wildman–Crippen MR) is 135 cm³/mol. The summed E-state index contributed by atoms with van der Waals surface area (Å²) >= 11 is 0. The molecule has 1 aliphatic heterocycles. The van der Waals surface area contributed by atoms with Gasteiger partial charge >= 0.3 is 6.18 Å². The predicted octanol–water partition coefficient (Wildman–Crippen LogP) is 3.79. The van der Waals surface area contributed by atoms with Crippen LogP contribution in [0.2, 0.25) is 0 Å². The van der Waals surface area contributed by atoms with Crippen molar-refractivity contribution in [1.29, 1.82) is 0 Å². The molecule has 4 rings (SSSR count). The summed E-state index contributed by atoms with van der Waals surface area (Å²) in [5, 5.41) is 3.54. The number of alkyl halides is 3. The number of rotatable bonds is 8. The van der Waals surface area contributed by atoms with Gasteiger partial charge in [0.15, 0.2) is 0 Å². The number of hydrogen-bond acceptors (Lipinski definition) is 6. The van der Waals surface area contributed by atoms with E-state index in [1.165, 1.54) is 19.2 Å². The molecule has 0 saturated heterocycles. The Hall–Kier alpha value is -3.80. The van der Waals surface area contributed by atoms with Gasteiger partial charge in [0.2, 0.25) is 5.91 Å². The van der Waals surface area contributed by atoms with Gasteiger partial charge in [0.25, 0.3) is 5.91 Å². The summed E-state index contributed by atoms with van der Waals surface area (Å²) in [6.45, 7) is 0.0848. The van der Waals surface area contributed by atoms with Crippen LogP contribution in [0.25, 0.3) is 0 Å². The van der Waals surface area contributed by atoms with E-state index in [2.05, 4.69) is 10.7 Å². The minimum atomic E-state index is -4.58. The Morgan fingerprint density at radius 3 is 2.38 bits per heavy atom. The number of nitrogens with zero attached hydrogens (tertiary/aromatic N) is 1. The molecule has 6 N–H and O–H groups in total. The molecule has 0 radical (unpaired) electrons. The van der Waals surface area contributed by atoms with Gasteiger partial charge in [0.1, 0.15) is 23.4 Å². The average molecular weight is 550 g/mol. The number of hydrazine groups is 1. The zero-order chi connectivity index (χ0) is 28.3. The highest BCUT2D eigenvalue weighted by Crippen LogP contribution is 2.42. The molecule has 2 unspecified atom stereocenters. The molecule has 1 aliphatic carbocycles. The van der Waals surface area contributed by atoms with E-state index in [4.69, 9.17) is 16.2 Å². The average Bonchev–Trinajstić information content (AvgIpc) is 3.24. The van der Waals surface area contributed by atoms with Gasteiger partial charge in [0.05, 0.1) is 24.3 Å². The SMILES string of the molecule is COc1ccc(F)cc1C(=O)NCc1ccc(C2NN(C(C3CCCCC3)C(F)(F)F)C(N)=C2C(N)=O)cc1. The normalized spacial score (nSPS) is 19.2. The first-order valence-electron chi connectivity index (χ1n) is 12.6. The summed E-state index contributed by atoms with van der Waals surface area (Å²) in [6.07, 6.45) is -1.47. The molecule has 39 heavy (non-hydrogen) atoms. The number of hydrogen-bond donors (Lipinski definition) is 4. The van der Waals surface area contributed by atoms with Gasteiger partial charge in [0, 0.05) is 6.54 Å². The van der Waals surface area contributed by atoms with Crippen molar-refractivity contribution >= 4 is 11.8 Å². The number of ether oxygens (including phenoxy) is 1. The van der Waals surface area contributed by atoms with Gasteiger partial charge in [-0.25, -0.2) is 9.82 Å². The maximum atomic E-state index is 14.2. The van der Waals surface area contributed by atoms with Gasteiger partial charge in [-0.1, -0.05) is 43.5 Å². The molecular weight excluding hydrogens is 518 g/mol. The molecule has 0 bridgehead atoms. The van der Waals surface area contributed by atoms with E-state index >= 15 is 0 Å². The maximum Gasteiger partial charge on any atom is 0.410 e. The fourth-order valence-corrected chi connectivity index (χ4v) is 5.33. The third kappa shape index (κ3) is 6.11. The van der Waals surface area contributed by atoms with Crippen LogP contribution in [-0.2, 0) is 11.3 Å². The van der Waals surface area contributed by atoms with Crippen LogP contribution in [0.15, 0.2) is 53.9 Å². The number of carbonyl (C=O) groups is 2. The highest BCUT2D eigenvalue weighted by atomic mass is 19.4. The number of nitrogens with two attached hydrogens (primary N) is 2. The Bertz CT molecular complexity index is 1240. The zero-order valence-corrected chi connectivity index (χ0v) is 21.4. The lowest BCUT2D eigenvalue weighted by atomic mass is 9.83. The Morgan fingerprint density at radius 2 is 1.79 bits per heavy atom. The van der Waals surface area contributed by atoms with E-state index in [1.54, 1.807) is 24.3 Å². The molecular formula is C27H31F4N5O3. The van der Waals surface area contributed by atoms with Gasteiger partial charge in [-0.3, -0.25) is 14.6 Å². The van der Waals surface area contributed by atoms with E-state index in [1.807, 2.05) is 0 Å². The summed E-state index contributed by atoms with van der Waals surface area (Å²) in [6, 6.07) is 7.26. The Morgan fingerprint density at radius 1 is 1.13 bits per heavy atom. The molecule has 2 aliphatic rings. The van der Waals surface area contributed by atoms with Crippen LogP contribution >= 0.6 is 0 Å². The highest BCUT2D eigenvalue weighted by Gasteiger charge is 2.52. The van der Waals surface area contributed by atoms with E-state index in [9.17, 15) is 27.2 Å². The third-order valence-electron chi connectivity index (χ3n) is 7.24. The van der Waals surface area contributed by atoms with Crippen molar-refractivity contribution in [2.24, 2.45) is 17.4 Å². The molecule has 2 aromatic carbocycles. The standard InChI is InChI=1S/C27H31F4N5O3/c1-39-20-12-11-18(28)13-19(20)26(38)34-14-15-7-9-16(10-8-15)22-21(25(33)37)24(32)36(35-22)23(27(29,30)31)17-5-3-2-4-6-17/h7-13,17,22-23,35H,2-6,14,32H2,1H3,(H2,33,37)(H,34,38).